The van der Waals surface area contributed by atoms with E-state index in [-0.39, 0.29) is 18.5 Å². The van der Waals surface area contributed by atoms with Crippen molar-refractivity contribution >= 4 is 27.5 Å². The van der Waals surface area contributed by atoms with Gasteiger partial charge in [-0.1, -0.05) is 49.6 Å². The number of carbonyl (C=O) groups excluding carboxylic acids is 2. The first kappa shape index (κ1) is 27.5. The Balaban J connectivity index is 1.89. The van der Waals surface area contributed by atoms with Crippen molar-refractivity contribution in [3.05, 3.63) is 59.7 Å². The molecule has 0 unspecified atom stereocenters. The summed E-state index contributed by atoms with van der Waals surface area (Å²) < 4.78 is 31.8. The van der Waals surface area contributed by atoms with Gasteiger partial charge in [-0.15, -0.1) is 0 Å². The van der Waals surface area contributed by atoms with E-state index in [1.54, 1.807) is 45.2 Å². The summed E-state index contributed by atoms with van der Waals surface area (Å²) in [7, 11) is -2.19. The second-order valence-corrected chi connectivity index (χ2v) is 11.4. The number of ether oxygens (including phenoxy) is 1. The number of rotatable bonds is 10. The standard InChI is InChI=1S/C27H37N3O5S/c1-20-11-8-9-16-25(20)30(36(4,33)34)19-26(31)29(18-22-12-10-15-24(17-22)35-3)21(2)27(32)28-23-13-6-5-7-14-23/h8-12,15-17,21,23H,5-7,13-14,18-19H2,1-4H3,(H,28,32)/t21-/m1/s1. The molecule has 1 aliphatic rings. The van der Waals surface area contributed by atoms with E-state index < -0.39 is 28.5 Å². The number of anilines is 1. The van der Waals surface area contributed by atoms with Crippen LogP contribution in [0.25, 0.3) is 0 Å². The van der Waals surface area contributed by atoms with Crippen LogP contribution in [0.3, 0.4) is 0 Å². The molecule has 1 aliphatic carbocycles. The van der Waals surface area contributed by atoms with E-state index in [0.717, 1.165) is 47.4 Å². The summed E-state index contributed by atoms with van der Waals surface area (Å²) in [5.41, 5.74) is 1.95. The lowest BCUT2D eigenvalue weighted by atomic mass is 9.95. The van der Waals surface area contributed by atoms with Crippen molar-refractivity contribution in [1.29, 1.82) is 0 Å². The lowest BCUT2D eigenvalue weighted by Crippen LogP contribution is -2.53. The fraction of sp³-hybridized carbons (Fsp3) is 0.481. The lowest BCUT2D eigenvalue weighted by molar-refractivity contribution is -0.139. The number of nitrogens with one attached hydrogen (secondary N) is 1. The number of nitrogens with zero attached hydrogens (tertiary/aromatic N) is 2. The minimum atomic E-state index is -3.76. The maximum atomic E-state index is 13.7. The molecule has 0 spiro atoms. The number of hydrogen-bond acceptors (Lipinski definition) is 5. The Morgan fingerprint density at radius 1 is 1.08 bits per heavy atom. The van der Waals surface area contributed by atoms with Crippen LogP contribution in [-0.2, 0) is 26.2 Å². The Labute approximate surface area is 214 Å². The van der Waals surface area contributed by atoms with Gasteiger partial charge >= 0.3 is 0 Å². The Bertz CT molecular complexity index is 1160. The predicted octanol–water partition coefficient (Wildman–Crippen LogP) is 3.64. The normalized spacial score (nSPS) is 15.1. The molecule has 0 aromatic heterocycles. The fourth-order valence-electron chi connectivity index (χ4n) is 4.56. The molecule has 1 saturated carbocycles. The number of methoxy groups -OCH3 is 1. The van der Waals surface area contributed by atoms with Crippen molar-refractivity contribution < 1.29 is 22.7 Å². The van der Waals surface area contributed by atoms with Crippen LogP contribution in [0.4, 0.5) is 5.69 Å². The van der Waals surface area contributed by atoms with E-state index >= 15 is 0 Å². The summed E-state index contributed by atoms with van der Waals surface area (Å²) in [5.74, 6) is -0.0605. The number of hydrogen-bond donors (Lipinski definition) is 1. The average molecular weight is 516 g/mol. The summed E-state index contributed by atoms with van der Waals surface area (Å²) in [4.78, 5) is 28.4. The highest BCUT2D eigenvalue weighted by Gasteiger charge is 2.31. The summed E-state index contributed by atoms with van der Waals surface area (Å²) in [6.07, 6.45) is 6.26. The number of carbonyl (C=O) groups is 2. The number of benzene rings is 2. The van der Waals surface area contributed by atoms with Crippen LogP contribution in [0.15, 0.2) is 48.5 Å². The third-order valence-electron chi connectivity index (χ3n) is 6.67. The van der Waals surface area contributed by atoms with E-state index in [0.29, 0.717) is 11.4 Å². The summed E-state index contributed by atoms with van der Waals surface area (Å²) in [5, 5.41) is 3.10. The Morgan fingerprint density at radius 3 is 2.42 bits per heavy atom. The predicted molar refractivity (Wildman–Crippen MR) is 141 cm³/mol. The molecule has 1 N–H and O–H groups in total. The molecule has 8 nitrogen and oxygen atoms in total. The number of para-hydroxylation sites is 1. The first-order valence-corrected chi connectivity index (χ1v) is 14.2. The highest BCUT2D eigenvalue weighted by Crippen LogP contribution is 2.24. The fourth-order valence-corrected chi connectivity index (χ4v) is 5.46. The van der Waals surface area contributed by atoms with Crippen LogP contribution in [-0.4, -0.2) is 57.1 Å². The minimum Gasteiger partial charge on any atom is -0.497 e. The zero-order chi connectivity index (χ0) is 26.3. The maximum absolute atomic E-state index is 13.7. The first-order chi connectivity index (χ1) is 17.1. The van der Waals surface area contributed by atoms with Gasteiger partial charge in [0, 0.05) is 12.6 Å². The summed E-state index contributed by atoms with van der Waals surface area (Å²) >= 11 is 0. The molecule has 2 amide bonds. The first-order valence-electron chi connectivity index (χ1n) is 12.4. The second-order valence-electron chi connectivity index (χ2n) is 9.45. The lowest BCUT2D eigenvalue weighted by Gasteiger charge is -2.33. The molecular formula is C27H37N3O5S. The van der Waals surface area contributed by atoms with E-state index in [1.165, 1.54) is 11.3 Å². The molecule has 0 radical (unpaired) electrons. The number of amides is 2. The largest absolute Gasteiger partial charge is 0.497 e. The number of aryl methyl sites for hydroxylation is 1. The second kappa shape index (κ2) is 12.3. The van der Waals surface area contributed by atoms with E-state index in [4.69, 9.17) is 4.74 Å². The highest BCUT2D eigenvalue weighted by molar-refractivity contribution is 7.92. The zero-order valence-corrected chi connectivity index (χ0v) is 22.4. The van der Waals surface area contributed by atoms with Crippen molar-refractivity contribution in [2.24, 2.45) is 0 Å². The molecule has 9 heteroatoms. The van der Waals surface area contributed by atoms with Gasteiger partial charge in [0.2, 0.25) is 21.8 Å². The average Bonchev–Trinajstić information content (AvgIpc) is 2.86. The van der Waals surface area contributed by atoms with Gasteiger partial charge in [-0.05, 0) is 56.0 Å². The molecule has 36 heavy (non-hydrogen) atoms. The monoisotopic (exact) mass is 515 g/mol. The van der Waals surface area contributed by atoms with Crippen molar-refractivity contribution in [2.75, 3.05) is 24.2 Å². The van der Waals surface area contributed by atoms with E-state index in [2.05, 4.69) is 5.32 Å². The van der Waals surface area contributed by atoms with E-state index in [1.807, 2.05) is 24.3 Å². The van der Waals surface area contributed by atoms with Crippen LogP contribution >= 0.6 is 0 Å². The smallest absolute Gasteiger partial charge is 0.244 e. The molecule has 3 rings (SSSR count). The molecule has 0 aliphatic heterocycles. The molecular weight excluding hydrogens is 478 g/mol. The van der Waals surface area contributed by atoms with Gasteiger partial charge in [0.1, 0.15) is 18.3 Å². The Kier molecular flexibility index (Phi) is 9.37. The van der Waals surface area contributed by atoms with Gasteiger partial charge in [0.05, 0.1) is 19.1 Å². The third kappa shape index (κ3) is 7.22. The van der Waals surface area contributed by atoms with Crippen molar-refractivity contribution in [2.45, 2.75) is 64.6 Å². The van der Waals surface area contributed by atoms with Gasteiger partial charge in [-0.25, -0.2) is 8.42 Å². The van der Waals surface area contributed by atoms with Gasteiger partial charge < -0.3 is 15.0 Å². The van der Waals surface area contributed by atoms with Crippen LogP contribution in [0.1, 0.15) is 50.2 Å². The number of sulfonamides is 1. The van der Waals surface area contributed by atoms with Crippen molar-refractivity contribution in [3.63, 3.8) is 0 Å². The van der Waals surface area contributed by atoms with Crippen LogP contribution < -0.4 is 14.4 Å². The summed E-state index contributed by atoms with van der Waals surface area (Å²) in [6, 6.07) is 13.6. The van der Waals surface area contributed by atoms with Gasteiger partial charge in [0.25, 0.3) is 0 Å². The molecule has 1 atom stereocenters. The molecule has 196 valence electrons. The van der Waals surface area contributed by atoms with Gasteiger partial charge in [-0.3, -0.25) is 13.9 Å². The third-order valence-corrected chi connectivity index (χ3v) is 7.80. The SMILES string of the molecule is COc1cccc(CN(C(=O)CN(c2ccccc2C)S(C)(=O)=O)[C@H](C)C(=O)NC2CCCCC2)c1. The molecule has 1 fully saturated rings. The quantitative estimate of drug-likeness (QED) is 0.521. The molecule has 2 aromatic rings. The van der Waals surface area contributed by atoms with Crippen molar-refractivity contribution in [3.8, 4) is 5.75 Å². The van der Waals surface area contributed by atoms with E-state index in [9.17, 15) is 18.0 Å². The zero-order valence-electron chi connectivity index (χ0n) is 21.6. The van der Waals surface area contributed by atoms with Crippen LogP contribution in [0, 0.1) is 6.92 Å². The van der Waals surface area contributed by atoms with Gasteiger partial charge in [-0.2, -0.15) is 0 Å². The molecule has 0 heterocycles. The molecule has 0 saturated heterocycles. The van der Waals surface area contributed by atoms with Gasteiger partial charge in [0.15, 0.2) is 0 Å². The molecule has 2 aromatic carbocycles. The van der Waals surface area contributed by atoms with Crippen LogP contribution in [0.2, 0.25) is 0 Å². The van der Waals surface area contributed by atoms with Crippen molar-refractivity contribution in [1.82, 2.24) is 10.2 Å². The summed E-state index contributed by atoms with van der Waals surface area (Å²) in [6.45, 7) is 3.22. The highest BCUT2D eigenvalue weighted by atomic mass is 32.2. The maximum Gasteiger partial charge on any atom is 0.244 e. The topological polar surface area (TPSA) is 96.0 Å². The Hall–Kier alpha value is -3.07. The van der Waals surface area contributed by atoms with Crippen LogP contribution in [0.5, 0.6) is 5.75 Å². The minimum absolute atomic E-state index is 0.0990. The Morgan fingerprint density at radius 2 is 1.78 bits per heavy atom. The molecule has 0 bridgehead atoms.